The molecule has 0 bridgehead atoms. The van der Waals surface area contributed by atoms with Crippen LogP contribution in [0.4, 0.5) is 0 Å². The molecular formula is C8H14ClNO2S. The van der Waals surface area contributed by atoms with Gasteiger partial charge in [-0.25, -0.2) is 8.42 Å². The van der Waals surface area contributed by atoms with E-state index in [1.165, 1.54) is 0 Å². The van der Waals surface area contributed by atoms with Crippen LogP contribution >= 0.6 is 10.7 Å². The maximum absolute atomic E-state index is 10.8. The Balaban J connectivity index is 2.58. The zero-order valence-corrected chi connectivity index (χ0v) is 9.24. The Hall–Kier alpha value is -0.0600. The first-order valence-electron chi connectivity index (χ1n) is 4.20. The summed E-state index contributed by atoms with van der Waals surface area (Å²) in [5.74, 6) is -0.108. The van der Waals surface area contributed by atoms with Gasteiger partial charge in [0.15, 0.2) is 0 Å². The van der Waals surface area contributed by atoms with Crippen molar-refractivity contribution in [2.45, 2.75) is 18.9 Å². The normalized spacial score (nSPS) is 24.9. The minimum Gasteiger partial charge on any atom is -0.300 e. The number of nitrogens with zero attached hydrogens (tertiary/aromatic N) is 1. The SMILES string of the molecule is C=C(CS(=O)(=O)Cl)C1CCCN1C. The summed E-state index contributed by atoms with van der Waals surface area (Å²) in [4.78, 5) is 2.12. The molecule has 0 aliphatic carbocycles. The molecule has 1 heterocycles. The van der Waals surface area contributed by atoms with Gasteiger partial charge in [-0.1, -0.05) is 6.58 Å². The first-order valence-corrected chi connectivity index (χ1v) is 6.68. The van der Waals surface area contributed by atoms with Gasteiger partial charge in [0.25, 0.3) is 0 Å². The average Bonchev–Trinajstić information content (AvgIpc) is 2.30. The minimum absolute atomic E-state index is 0.108. The Kier molecular flexibility index (Phi) is 3.38. The molecule has 0 aromatic carbocycles. The maximum atomic E-state index is 10.8. The maximum Gasteiger partial charge on any atom is 0.236 e. The molecule has 0 N–H and O–H groups in total. The number of halogens is 1. The van der Waals surface area contributed by atoms with Gasteiger partial charge < -0.3 is 0 Å². The van der Waals surface area contributed by atoms with Gasteiger partial charge >= 0.3 is 0 Å². The molecule has 1 fully saturated rings. The van der Waals surface area contributed by atoms with Crippen LogP contribution in [0.25, 0.3) is 0 Å². The molecule has 0 aromatic rings. The predicted molar refractivity (Wildman–Crippen MR) is 54.4 cm³/mol. The van der Waals surface area contributed by atoms with Crippen LogP contribution in [0, 0.1) is 0 Å². The summed E-state index contributed by atoms with van der Waals surface area (Å²) in [5.41, 5.74) is 0.704. The Bertz CT molecular complexity index is 299. The Labute approximate surface area is 83.8 Å². The molecule has 1 atom stereocenters. The van der Waals surface area contributed by atoms with Crippen LogP contribution in [0.5, 0.6) is 0 Å². The minimum atomic E-state index is -3.44. The van der Waals surface area contributed by atoms with Crippen molar-refractivity contribution < 1.29 is 8.42 Å². The van der Waals surface area contributed by atoms with Crippen molar-refractivity contribution in [2.75, 3.05) is 19.3 Å². The van der Waals surface area contributed by atoms with E-state index >= 15 is 0 Å². The molecule has 13 heavy (non-hydrogen) atoms. The van der Waals surface area contributed by atoms with Gasteiger partial charge in [0.1, 0.15) is 0 Å². The van der Waals surface area contributed by atoms with E-state index in [9.17, 15) is 8.42 Å². The first kappa shape index (κ1) is 11.0. The summed E-state index contributed by atoms with van der Waals surface area (Å²) >= 11 is 0. The third-order valence-corrected chi connectivity index (χ3v) is 3.39. The highest BCUT2D eigenvalue weighted by Crippen LogP contribution is 2.22. The molecule has 0 spiro atoms. The monoisotopic (exact) mass is 223 g/mol. The highest BCUT2D eigenvalue weighted by Gasteiger charge is 2.25. The Morgan fingerprint density at radius 2 is 2.31 bits per heavy atom. The zero-order chi connectivity index (χ0) is 10.1. The quantitative estimate of drug-likeness (QED) is 0.533. The van der Waals surface area contributed by atoms with Gasteiger partial charge in [-0.05, 0) is 32.0 Å². The van der Waals surface area contributed by atoms with Crippen molar-refractivity contribution in [1.82, 2.24) is 4.90 Å². The van der Waals surface area contributed by atoms with Gasteiger partial charge in [-0.2, -0.15) is 0 Å². The van der Waals surface area contributed by atoms with E-state index in [-0.39, 0.29) is 11.8 Å². The molecule has 76 valence electrons. The molecule has 3 nitrogen and oxygen atoms in total. The lowest BCUT2D eigenvalue weighted by Gasteiger charge is -2.20. The highest BCUT2D eigenvalue weighted by atomic mass is 35.7. The number of hydrogen-bond donors (Lipinski definition) is 0. The van der Waals surface area contributed by atoms with Gasteiger partial charge in [0.2, 0.25) is 9.05 Å². The van der Waals surface area contributed by atoms with E-state index in [1.807, 2.05) is 7.05 Å². The molecule has 5 heteroatoms. The fraction of sp³-hybridized carbons (Fsp3) is 0.750. The molecule has 0 radical (unpaired) electrons. The molecule has 1 unspecified atom stereocenters. The number of likely N-dealkylation sites (N-methyl/N-ethyl adjacent to an activating group) is 1. The summed E-state index contributed by atoms with van der Waals surface area (Å²) < 4.78 is 21.6. The molecule has 0 saturated carbocycles. The highest BCUT2D eigenvalue weighted by molar-refractivity contribution is 8.13. The lowest BCUT2D eigenvalue weighted by atomic mass is 10.1. The number of hydrogen-bond acceptors (Lipinski definition) is 3. The zero-order valence-electron chi connectivity index (χ0n) is 7.66. The van der Waals surface area contributed by atoms with Crippen LogP contribution < -0.4 is 0 Å². The van der Waals surface area contributed by atoms with E-state index in [0.717, 1.165) is 19.4 Å². The van der Waals surface area contributed by atoms with Crippen molar-refractivity contribution in [3.05, 3.63) is 12.2 Å². The topological polar surface area (TPSA) is 37.4 Å². The van der Waals surface area contributed by atoms with Crippen molar-refractivity contribution in [3.8, 4) is 0 Å². The summed E-state index contributed by atoms with van der Waals surface area (Å²) in [7, 11) is 3.68. The van der Waals surface area contributed by atoms with E-state index in [1.54, 1.807) is 0 Å². The largest absolute Gasteiger partial charge is 0.300 e. The second kappa shape index (κ2) is 3.98. The lowest BCUT2D eigenvalue weighted by molar-refractivity contribution is 0.345. The van der Waals surface area contributed by atoms with E-state index < -0.39 is 9.05 Å². The van der Waals surface area contributed by atoms with Crippen molar-refractivity contribution >= 4 is 19.7 Å². The summed E-state index contributed by atoms with van der Waals surface area (Å²) in [6.07, 6.45) is 2.09. The summed E-state index contributed by atoms with van der Waals surface area (Å²) in [6, 6.07) is 0.188. The smallest absolute Gasteiger partial charge is 0.236 e. The second-order valence-electron chi connectivity index (χ2n) is 3.48. The molecule has 1 rings (SSSR count). The molecular weight excluding hydrogens is 210 g/mol. The molecule has 1 aliphatic heterocycles. The first-order chi connectivity index (χ1) is 5.90. The fourth-order valence-corrected chi connectivity index (χ4v) is 2.80. The third-order valence-electron chi connectivity index (χ3n) is 2.35. The number of likely N-dealkylation sites (tertiary alicyclic amines) is 1. The van der Waals surface area contributed by atoms with Gasteiger partial charge in [0, 0.05) is 16.7 Å². The number of rotatable bonds is 3. The Morgan fingerprint density at radius 3 is 2.69 bits per heavy atom. The average molecular weight is 224 g/mol. The van der Waals surface area contributed by atoms with Gasteiger partial charge in [-0.3, -0.25) is 4.90 Å². The van der Waals surface area contributed by atoms with Crippen molar-refractivity contribution in [2.24, 2.45) is 0 Å². The van der Waals surface area contributed by atoms with Crippen LogP contribution in [0.3, 0.4) is 0 Å². The van der Waals surface area contributed by atoms with Crippen molar-refractivity contribution in [3.63, 3.8) is 0 Å². The standard InChI is InChI=1S/C8H14ClNO2S/c1-7(6-13(9,11)12)8-4-3-5-10(8)2/h8H,1,3-6H2,2H3. The van der Waals surface area contributed by atoms with Gasteiger partial charge in [-0.15, -0.1) is 0 Å². The van der Waals surface area contributed by atoms with Crippen LogP contribution in [0.2, 0.25) is 0 Å². The third kappa shape index (κ3) is 3.29. The second-order valence-corrected chi connectivity index (χ2v) is 6.26. The van der Waals surface area contributed by atoms with E-state index in [4.69, 9.17) is 10.7 Å². The Morgan fingerprint density at radius 1 is 1.69 bits per heavy atom. The van der Waals surface area contributed by atoms with Gasteiger partial charge in [0.05, 0.1) is 5.75 Å². The predicted octanol–water partition coefficient (Wildman–Crippen LogP) is 1.21. The molecule has 1 saturated heterocycles. The van der Waals surface area contributed by atoms with Crippen LogP contribution in [0.15, 0.2) is 12.2 Å². The lowest BCUT2D eigenvalue weighted by Crippen LogP contribution is -2.28. The van der Waals surface area contributed by atoms with E-state index in [2.05, 4.69) is 11.5 Å². The summed E-state index contributed by atoms with van der Waals surface area (Å²) in [6.45, 7) is 4.77. The van der Waals surface area contributed by atoms with Crippen LogP contribution in [-0.4, -0.2) is 38.7 Å². The molecule has 1 aliphatic rings. The van der Waals surface area contributed by atoms with Crippen LogP contribution in [-0.2, 0) is 9.05 Å². The van der Waals surface area contributed by atoms with Crippen molar-refractivity contribution in [1.29, 1.82) is 0 Å². The summed E-state index contributed by atoms with van der Waals surface area (Å²) in [5, 5.41) is 0. The van der Waals surface area contributed by atoms with E-state index in [0.29, 0.717) is 5.57 Å². The fourth-order valence-electron chi connectivity index (χ4n) is 1.74. The molecule has 0 amide bonds. The van der Waals surface area contributed by atoms with Crippen LogP contribution in [0.1, 0.15) is 12.8 Å². The molecule has 0 aromatic heterocycles.